The van der Waals surface area contributed by atoms with Gasteiger partial charge >= 0.3 is 6.18 Å². The van der Waals surface area contributed by atoms with Crippen molar-refractivity contribution in [1.29, 1.82) is 0 Å². The van der Waals surface area contributed by atoms with Gasteiger partial charge in [0, 0.05) is 6.04 Å². The number of nitrogens with one attached hydrogen (secondary N) is 1. The molecule has 2 N–H and O–H groups in total. The minimum Gasteiger partial charge on any atom is -0.374 e. The fraction of sp³-hybridized carbons (Fsp3) is 0.429. The zero-order valence-corrected chi connectivity index (χ0v) is 12.8. The van der Waals surface area contributed by atoms with Crippen molar-refractivity contribution in [3.05, 3.63) is 29.3 Å². The molecule has 1 unspecified atom stereocenters. The fourth-order valence-electron chi connectivity index (χ4n) is 1.95. The highest BCUT2D eigenvalue weighted by Gasteiger charge is 2.58. The molecular weight excluding hydrogens is 317 g/mol. The summed E-state index contributed by atoms with van der Waals surface area (Å²) in [5.41, 5.74) is -2.94. The number of hydrogen-bond acceptors (Lipinski definition) is 4. The van der Waals surface area contributed by atoms with Crippen molar-refractivity contribution in [2.75, 3.05) is 0 Å². The number of alkyl halides is 3. The summed E-state index contributed by atoms with van der Waals surface area (Å²) < 4.78 is 40.6. The molecule has 1 amide bonds. The van der Waals surface area contributed by atoms with Crippen molar-refractivity contribution >= 4 is 27.5 Å². The summed E-state index contributed by atoms with van der Waals surface area (Å²) in [5.74, 6) is -0.880. The molecule has 2 aromatic rings. The predicted molar refractivity (Wildman–Crippen MR) is 77.5 cm³/mol. The Bertz CT molecular complexity index is 651. The summed E-state index contributed by atoms with van der Waals surface area (Å²) in [6, 6.07) is 6.16. The molecule has 0 spiro atoms. The second kappa shape index (κ2) is 5.85. The number of hydrogen-bond donors (Lipinski definition) is 2. The third-order valence-electron chi connectivity index (χ3n) is 2.98. The molecule has 0 aliphatic carbocycles. The van der Waals surface area contributed by atoms with Gasteiger partial charge in [0.2, 0.25) is 11.5 Å². The van der Waals surface area contributed by atoms with Crippen LogP contribution in [0.25, 0.3) is 10.2 Å². The van der Waals surface area contributed by atoms with Gasteiger partial charge < -0.3 is 10.4 Å². The van der Waals surface area contributed by atoms with Gasteiger partial charge in [-0.25, -0.2) is 4.98 Å². The van der Waals surface area contributed by atoms with Crippen LogP contribution in [0.5, 0.6) is 0 Å². The van der Waals surface area contributed by atoms with E-state index in [0.717, 1.165) is 11.3 Å². The Kier molecular flexibility index (Phi) is 4.44. The monoisotopic (exact) mass is 332 g/mol. The lowest BCUT2D eigenvalue weighted by Gasteiger charge is -2.28. The van der Waals surface area contributed by atoms with Crippen molar-refractivity contribution in [1.82, 2.24) is 10.3 Å². The molecule has 1 aromatic heterocycles. The minimum atomic E-state index is -5.00. The van der Waals surface area contributed by atoms with Crippen LogP contribution in [-0.4, -0.2) is 28.2 Å². The minimum absolute atomic E-state index is 0.319. The Morgan fingerprint density at radius 3 is 2.55 bits per heavy atom. The van der Waals surface area contributed by atoms with Crippen LogP contribution in [0.15, 0.2) is 24.3 Å². The summed E-state index contributed by atoms with van der Waals surface area (Å²) in [5, 5.41) is 12.0. The van der Waals surface area contributed by atoms with Crippen LogP contribution >= 0.6 is 11.3 Å². The smallest absolute Gasteiger partial charge is 0.374 e. The maximum Gasteiger partial charge on any atom is 0.424 e. The number of carbonyl (C=O) groups excluding carboxylic acids is 1. The molecule has 2 rings (SSSR count). The number of aliphatic hydroxyl groups is 1. The number of halogens is 3. The van der Waals surface area contributed by atoms with Gasteiger partial charge in [0.1, 0.15) is 5.01 Å². The highest BCUT2D eigenvalue weighted by Crippen LogP contribution is 2.44. The maximum absolute atomic E-state index is 13.4. The van der Waals surface area contributed by atoms with E-state index >= 15 is 0 Å². The van der Waals surface area contributed by atoms with E-state index in [4.69, 9.17) is 0 Å². The first-order chi connectivity index (χ1) is 10.1. The van der Waals surface area contributed by atoms with Gasteiger partial charge in [-0.1, -0.05) is 12.1 Å². The van der Waals surface area contributed by atoms with E-state index in [-0.39, 0.29) is 6.04 Å². The van der Waals surface area contributed by atoms with Gasteiger partial charge in [-0.15, -0.1) is 11.3 Å². The summed E-state index contributed by atoms with van der Waals surface area (Å²) in [6.07, 6.45) is -6.12. The van der Waals surface area contributed by atoms with Crippen molar-refractivity contribution in [3.8, 4) is 0 Å². The van der Waals surface area contributed by atoms with Gasteiger partial charge in [0.25, 0.3) is 0 Å². The van der Waals surface area contributed by atoms with E-state index in [1.165, 1.54) is 0 Å². The normalized spacial score (nSPS) is 15.0. The number of fused-ring (bicyclic) bond motifs is 1. The Morgan fingerprint density at radius 1 is 1.36 bits per heavy atom. The first-order valence-corrected chi connectivity index (χ1v) is 7.39. The number of benzene rings is 1. The van der Waals surface area contributed by atoms with Gasteiger partial charge in [-0.2, -0.15) is 13.2 Å². The molecule has 8 heteroatoms. The Balaban J connectivity index is 2.43. The quantitative estimate of drug-likeness (QED) is 0.905. The SMILES string of the molecule is CC(C)NC(=O)CC(O)(c1nc2ccccc2s1)C(F)(F)F. The Labute approximate surface area is 129 Å². The Morgan fingerprint density at radius 2 is 2.00 bits per heavy atom. The van der Waals surface area contributed by atoms with Gasteiger partial charge in [0.05, 0.1) is 16.6 Å². The molecule has 1 aromatic carbocycles. The second-order valence-corrected chi connectivity index (χ2v) is 6.27. The number of aromatic nitrogens is 1. The molecule has 0 saturated carbocycles. The summed E-state index contributed by atoms with van der Waals surface area (Å²) in [6.45, 7) is 3.25. The fourth-order valence-corrected chi connectivity index (χ4v) is 3.03. The van der Waals surface area contributed by atoms with E-state index in [1.54, 1.807) is 38.1 Å². The van der Waals surface area contributed by atoms with E-state index in [2.05, 4.69) is 10.3 Å². The number of carbonyl (C=O) groups is 1. The van der Waals surface area contributed by atoms with Crippen LogP contribution in [-0.2, 0) is 10.4 Å². The first kappa shape index (κ1) is 16.7. The Hall–Kier alpha value is -1.67. The first-order valence-electron chi connectivity index (χ1n) is 6.58. The van der Waals surface area contributed by atoms with Crippen LogP contribution in [0.3, 0.4) is 0 Å². The van der Waals surface area contributed by atoms with E-state index < -0.39 is 29.1 Å². The lowest BCUT2D eigenvalue weighted by molar-refractivity contribution is -0.267. The van der Waals surface area contributed by atoms with Crippen LogP contribution in [0, 0.1) is 0 Å². The van der Waals surface area contributed by atoms with E-state index in [0.29, 0.717) is 10.2 Å². The molecule has 1 heterocycles. The molecule has 0 aliphatic heterocycles. The van der Waals surface area contributed by atoms with Gasteiger partial charge in [0.15, 0.2) is 0 Å². The van der Waals surface area contributed by atoms with E-state index in [9.17, 15) is 23.1 Å². The van der Waals surface area contributed by atoms with Gasteiger partial charge in [-0.3, -0.25) is 4.79 Å². The van der Waals surface area contributed by atoms with Crippen molar-refractivity contribution in [2.45, 2.75) is 38.1 Å². The molecule has 0 saturated heterocycles. The summed E-state index contributed by atoms with van der Waals surface area (Å²) in [4.78, 5) is 15.6. The topological polar surface area (TPSA) is 62.2 Å². The van der Waals surface area contributed by atoms with Crippen LogP contribution < -0.4 is 5.32 Å². The standard InChI is InChI=1S/C14H15F3N2O2S/c1-8(2)18-11(20)7-13(21,14(15,16)17)12-19-9-5-3-4-6-10(9)22-12/h3-6,8,21H,7H2,1-2H3,(H,18,20). The third-order valence-corrected chi connectivity index (χ3v) is 4.17. The lowest BCUT2D eigenvalue weighted by atomic mass is 9.99. The average Bonchev–Trinajstić information content (AvgIpc) is 2.80. The third kappa shape index (κ3) is 3.22. The van der Waals surface area contributed by atoms with Crippen molar-refractivity contribution in [2.24, 2.45) is 0 Å². The highest BCUT2D eigenvalue weighted by molar-refractivity contribution is 7.18. The predicted octanol–water partition coefficient (Wildman–Crippen LogP) is 2.96. The molecule has 1 atom stereocenters. The molecule has 120 valence electrons. The molecule has 0 aliphatic rings. The van der Waals surface area contributed by atoms with Crippen LogP contribution in [0.2, 0.25) is 0 Å². The zero-order valence-electron chi connectivity index (χ0n) is 11.9. The highest BCUT2D eigenvalue weighted by atomic mass is 32.1. The lowest BCUT2D eigenvalue weighted by Crippen LogP contribution is -2.47. The number of para-hydroxylation sites is 1. The van der Waals surface area contributed by atoms with Crippen LogP contribution in [0.4, 0.5) is 13.2 Å². The molecular formula is C14H15F3N2O2S. The van der Waals surface area contributed by atoms with Gasteiger partial charge in [-0.05, 0) is 26.0 Å². The molecule has 4 nitrogen and oxygen atoms in total. The summed E-state index contributed by atoms with van der Waals surface area (Å²) in [7, 11) is 0. The zero-order chi connectivity index (χ0) is 16.5. The van der Waals surface area contributed by atoms with Crippen molar-refractivity contribution in [3.63, 3.8) is 0 Å². The number of amides is 1. The number of nitrogens with zero attached hydrogens (tertiary/aromatic N) is 1. The largest absolute Gasteiger partial charge is 0.424 e. The molecule has 0 radical (unpaired) electrons. The second-order valence-electron chi connectivity index (χ2n) is 5.24. The van der Waals surface area contributed by atoms with Crippen molar-refractivity contribution < 1.29 is 23.1 Å². The molecule has 0 bridgehead atoms. The van der Waals surface area contributed by atoms with Crippen LogP contribution in [0.1, 0.15) is 25.3 Å². The summed E-state index contributed by atoms with van der Waals surface area (Å²) >= 11 is 0.731. The maximum atomic E-state index is 13.4. The molecule has 22 heavy (non-hydrogen) atoms. The molecule has 0 fully saturated rings. The average molecular weight is 332 g/mol. The number of thiazole rings is 1. The van der Waals surface area contributed by atoms with E-state index in [1.807, 2.05) is 0 Å². The number of rotatable bonds is 4.